The summed E-state index contributed by atoms with van der Waals surface area (Å²) in [6.45, 7) is 2.71. The maximum absolute atomic E-state index is 14.3. The van der Waals surface area contributed by atoms with Gasteiger partial charge >= 0.3 is 0 Å². The molecule has 5 heteroatoms. The Bertz CT molecular complexity index is 897. The Hall–Kier alpha value is -2.27. The van der Waals surface area contributed by atoms with Crippen molar-refractivity contribution in [1.82, 2.24) is 0 Å². The second-order valence-corrected chi connectivity index (χ2v) is 7.91. The topological polar surface area (TPSA) is 21.8 Å². The van der Waals surface area contributed by atoms with Crippen molar-refractivity contribution in [2.75, 3.05) is 13.2 Å². The molecular weight excluding hydrogens is 377 g/mol. The molecule has 4 rings (SSSR count). The minimum atomic E-state index is -0.940. The van der Waals surface area contributed by atoms with Crippen LogP contribution in [0.5, 0.6) is 5.75 Å². The van der Waals surface area contributed by atoms with Crippen molar-refractivity contribution >= 4 is 6.08 Å². The summed E-state index contributed by atoms with van der Waals surface area (Å²) in [6.07, 6.45) is 6.82. The summed E-state index contributed by atoms with van der Waals surface area (Å²) in [5, 5.41) is 0. The Morgan fingerprint density at radius 1 is 1.03 bits per heavy atom. The van der Waals surface area contributed by atoms with E-state index in [2.05, 4.69) is 0 Å². The number of hydrogen-bond acceptors (Lipinski definition) is 2. The van der Waals surface area contributed by atoms with Gasteiger partial charge in [0.05, 0.1) is 13.2 Å². The molecule has 2 fully saturated rings. The molecule has 0 N–H and O–H groups in total. The summed E-state index contributed by atoms with van der Waals surface area (Å²) in [6, 6.07) is 8.49. The quantitative estimate of drug-likeness (QED) is 0.510. The van der Waals surface area contributed by atoms with Crippen LogP contribution < -0.4 is 4.74 Å². The fourth-order valence-corrected chi connectivity index (χ4v) is 4.12. The minimum Gasteiger partial charge on any atom is -0.490 e. The predicted molar refractivity (Wildman–Crippen MR) is 106 cm³/mol. The van der Waals surface area contributed by atoms with Crippen molar-refractivity contribution < 1.29 is 22.6 Å². The molecule has 2 aromatic rings. The lowest BCUT2D eigenvalue weighted by Gasteiger charge is -2.29. The number of ether oxygens (including phenoxy) is 2. The second kappa shape index (κ2) is 8.62. The fraction of sp³-hybridized carbons (Fsp3) is 0.417. The van der Waals surface area contributed by atoms with E-state index in [-0.39, 0.29) is 29.2 Å². The highest BCUT2D eigenvalue weighted by Gasteiger charge is 2.29. The van der Waals surface area contributed by atoms with Crippen LogP contribution in [0.1, 0.15) is 61.3 Å². The van der Waals surface area contributed by atoms with E-state index in [1.165, 1.54) is 18.2 Å². The highest BCUT2D eigenvalue weighted by Crippen LogP contribution is 2.38. The molecule has 1 atom stereocenters. The van der Waals surface area contributed by atoms with Gasteiger partial charge in [-0.25, -0.2) is 8.78 Å². The van der Waals surface area contributed by atoms with E-state index in [0.717, 1.165) is 31.2 Å². The fourth-order valence-electron chi connectivity index (χ4n) is 4.12. The molecule has 0 radical (unpaired) electrons. The molecule has 1 aliphatic heterocycles. The van der Waals surface area contributed by atoms with Crippen LogP contribution >= 0.6 is 0 Å². The van der Waals surface area contributed by atoms with Crippen LogP contribution in [-0.2, 0) is 4.74 Å². The molecule has 154 valence electrons. The van der Waals surface area contributed by atoms with E-state index >= 15 is 0 Å². The van der Waals surface area contributed by atoms with Crippen LogP contribution in [-0.4, -0.2) is 13.2 Å². The standard InChI is InChI=1S/C24H25F3O2/c1-2-3-17-9-11-21(24(27)23(17)26)28-13-15-4-6-16(7-5-15)18-8-10-19(20(25)12-18)22-14-29-22/h2-3,8-12,15-16,22H,4-7,13-14H2,1H3/b3-2+. The summed E-state index contributed by atoms with van der Waals surface area (Å²) in [5.41, 5.74) is 1.88. The Kier molecular flexibility index (Phi) is 5.95. The van der Waals surface area contributed by atoms with E-state index in [0.29, 0.717) is 24.7 Å². The molecule has 1 saturated heterocycles. The van der Waals surface area contributed by atoms with Crippen LogP contribution in [0.25, 0.3) is 6.08 Å². The van der Waals surface area contributed by atoms with Gasteiger partial charge in [-0.1, -0.05) is 24.3 Å². The highest BCUT2D eigenvalue weighted by atomic mass is 19.2. The van der Waals surface area contributed by atoms with Crippen molar-refractivity contribution in [1.29, 1.82) is 0 Å². The Labute approximate surface area is 169 Å². The van der Waals surface area contributed by atoms with Crippen molar-refractivity contribution in [3.05, 3.63) is 70.5 Å². The average Bonchev–Trinajstić information content (AvgIpc) is 3.56. The number of benzene rings is 2. The summed E-state index contributed by atoms with van der Waals surface area (Å²) < 4.78 is 53.2. The normalized spacial score (nSPS) is 24.1. The molecule has 0 amide bonds. The van der Waals surface area contributed by atoms with Gasteiger partial charge in [0.15, 0.2) is 11.6 Å². The Morgan fingerprint density at radius 2 is 1.79 bits per heavy atom. The number of halogens is 3. The molecule has 2 aliphatic rings. The van der Waals surface area contributed by atoms with Crippen LogP contribution in [0.2, 0.25) is 0 Å². The first kappa shape index (κ1) is 20.0. The highest BCUT2D eigenvalue weighted by molar-refractivity contribution is 5.51. The van der Waals surface area contributed by atoms with E-state index in [1.807, 2.05) is 12.1 Å². The number of allylic oxidation sites excluding steroid dienone is 1. The molecule has 0 bridgehead atoms. The van der Waals surface area contributed by atoms with Gasteiger partial charge in [-0.05, 0) is 68.2 Å². The summed E-state index contributed by atoms with van der Waals surface area (Å²) >= 11 is 0. The monoisotopic (exact) mass is 402 g/mol. The molecule has 1 aliphatic carbocycles. The summed E-state index contributed by atoms with van der Waals surface area (Å²) in [7, 11) is 0. The van der Waals surface area contributed by atoms with Gasteiger partial charge in [0, 0.05) is 11.1 Å². The third-order valence-electron chi connectivity index (χ3n) is 5.92. The van der Waals surface area contributed by atoms with Gasteiger partial charge < -0.3 is 9.47 Å². The SMILES string of the molecule is C/C=C/c1ccc(OCC2CCC(c3ccc(C4CO4)c(F)c3)CC2)c(F)c1F. The van der Waals surface area contributed by atoms with Gasteiger partial charge in [0.25, 0.3) is 0 Å². The van der Waals surface area contributed by atoms with Gasteiger partial charge in [-0.2, -0.15) is 4.39 Å². The smallest absolute Gasteiger partial charge is 0.201 e. The zero-order valence-corrected chi connectivity index (χ0v) is 16.5. The van der Waals surface area contributed by atoms with Gasteiger partial charge in [0.2, 0.25) is 5.82 Å². The lowest BCUT2D eigenvalue weighted by Crippen LogP contribution is -2.20. The van der Waals surface area contributed by atoms with E-state index < -0.39 is 11.6 Å². The van der Waals surface area contributed by atoms with E-state index in [4.69, 9.17) is 9.47 Å². The summed E-state index contributed by atoms with van der Waals surface area (Å²) in [5.74, 6) is -1.44. The molecule has 1 heterocycles. The second-order valence-electron chi connectivity index (χ2n) is 7.91. The number of epoxide rings is 1. The molecule has 1 unspecified atom stereocenters. The van der Waals surface area contributed by atoms with Crippen molar-refractivity contribution in [2.45, 2.75) is 44.6 Å². The Morgan fingerprint density at radius 3 is 2.45 bits per heavy atom. The van der Waals surface area contributed by atoms with Crippen LogP contribution in [0.3, 0.4) is 0 Å². The van der Waals surface area contributed by atoms with Crippen LogP contribution in [0.4, 0.5) is 13.2 Å². The first-order valence-corrected chi connectivity index (χ1v) is 10.2. The van der Waals surface area contributed by atoms with Gasteiger partial charge in [0.1, 0.15) is 11.9 Å². The lowest BCUT2D eigenvalue weighted by atomic mass is 9.79. The maximum Gasteiger partial charge on any atom is 0.201 e. The van der Waals surface area contributed by atoms with E-state index in [9.17, 15) is 13.2 Å². The van der Waals surface area contributed by atoms with Gasteiger partial charge in [-0.15, -0.1) is 0 Å². The molecule has 29 heavy (non-hydrogen) atoms. The lowest BCUT2D eigenvalue weighted by molar-refractivity contribution is 0.192. The third kappa shape index (κ3) is 4.50. The molecule has 0 aromatic heterocycles. The van der Waals surface area contributed by atoms with Gasteiger partial charge in [-0.3, -0.25) is 0 Å². The summed E-state index contributed by atoms with van der Waals surface area (Å²) in [4.78, 5) is 0. The molecule has 0 spiro atoms. The number of rotatable bonds is 6. The molecule has 2 aromatic carbocycles. The zero-order valence-electron chi connectivity index (χ0n) is 16.5. The van der Waals surface area contributed by atoms with Crippen LogP contribution in [0.15, 0.2) is 36.4 Å². The maximum atomic E-state index is 14.3. The zero-order chi connectivity index (χ0) is 20.4. The van der Waals surface area contributed by atoms with Crippen molar-refractivity contribution in [2.24, 2.45) is 5.92 Å². The first-order valence-electron chi connectivity index (χ1n) is 10.2. The minimum absolute atomic E-state index is 0.0437. The predicted octanol–water partition coefficient (Wildman–Crippen LogP) is 6.56. The Balaban J connectivity index is 1.31. The average molecular weight is 402 g/mol. The van der Waals surface area contributed by atoms with E-state index in [1.54, 1.807) is 19.1 Å². The third-order valence-corrected chi connectivity index (χ3v) is 5.92. The molecular formula is C24H25F3O2. The van der Waals surface area contributed by atoms with Crippen LogP contribution in [0, 0.1) is 23.4 Å². The first-order chi connectivity index (χ1) is 14.1. The molecule has 2 nitrogen and oxygen atoms in total. The van der Waals surface area contributed by atoms with Crippen molar-refractivity contribution in [3.63, 3.8) is 0 Å². The molecule has 1 saturated carbocycles. The number of hydrogen-bond donors (Lipinski definition) is 0. The van der Waals surface area contributed by atoms with Crippen molar-refractivity contribution in [3.8, 4) is 5.75 Å². The largest absolute Gasteiger partial charge is 0.490 e.